The van der Waals surface area contributed by atoms with E-state index in [9.17, 15) is 8.42 Å². The molecule has 0 bridgehead atoms. The third-order valence-corrected chi connectivity index (χ3v) is 9.02. The fraction of sp³-hybridized carbons (Fsp3) is 0.462. The molecule has 34 heavy (non-hydrogen) atoms. The summed E-state index contributed by atoms with van der Waals surface area (Å²) >= 11 is 0. The molecule has 2 aromatic carbocycles. The molecule has 2 fully saturated rings. The molecule has 2 saturated heterocycles. The molecule has 0 spiro atoms. The maximum atomic E-state index is 13.1. The number of piperazine rings is 1. The topological polar surface area (TPSA) is 69.6 Å². The summed E-state index contributed by atoms with van der Waals surface area (Å²) in [4.78, 5) is 15.0. The zero-order chi connectivity index (χ0) is 23.7. The molecule has 8 heteroatoms. The lowest BCUT2D eigenvalue weighted by Crippen LogP contribution is -2.49. The molecule has 2 aliphatic heterocycles. The van der Waals surface area contributed by atoms with Crippen molar-refractivity contribution in [3.05, 3.63) is 59.9 Å². The van der Waals surface area contributed by atoms with Crippen molar-refractivity contribution in [3.63, 3.8) is 0 Å². The molecule has 3 heterocycles. The second-order valence-electron chi connectivity index (χ2n) is 9.40. The first-order valence-electron chi connectivity index (χ1n) is 12.3. The highest BCUT2D eigenvalue weighted by molar-refractivity contribution is 7.89. The maximum absolute atomic E-state index is 13.1. The van der Waals surface area contributed by atoms with Crippen LogP contribution in [0.3, 0.4) is 0 Å². The van der Waals surface area contributed by atoms with Crippen molar-refractivity contribution in [1.82, 2.24) is 19.2 Å². The van der Waals surface area contributed by atoms with Gasteiger partial charge in [-0.3, -0.25) is 4.90 Å². The summed E-state index contributed by atoms with van der Waals surface area (Å²) in [6.07, 6.45) is 3.67. The van der Waals surface area contributed by atoms with E-state index in [4.69, 9.17) is 9.97 Å². The van der Waals surface area contributed by atoms with E-state index in [1.165, 1.54) is 19.3 Å². The number of benzene rings is 2. The molecule has 3 aromatic rings. The Morgan fingerprint density at radius 3 is 2.21 bits per heavy atom. The van der Waals surface area contributed by atoms with Crippen molar-refractivity contribution in [2.24, 2.45) is 0 Å². The summed E-state index contributed by atoms with van der Waals surface area (Å²) in [6, 6.07) is 15.4. The van der Waals surface area contributed by atoms with Gasteiger partial charge in [-0.1, -0.05) is 29.8 Å². The first-order chi connectivity index (χ1) is 16.4. The van der Waals surface area contributed by atoms with E-state index in [2.05, 4.69) is 34.9 Å². The molecule has 0 N–H and O–H groups in total. The van der Waals surface area contributed by atoms with E-state index in [1.807, 2.05) is 25.1 Å². The van der Waals surface area contributed by atoms with Crippen molar-refractivity contribution in [3.8, 4) is 0 Å². The summed E-state index contributed by atoms with van der Waals surface area (Å²) in [5.41, 5.74) is 2.03. The van der Waals surface area contributed by atoms with E-state index in [0.717, 1.165) is 41.2 Å². The Hall–Kier alpha value is -2.55. The smallest absolute Gasteiger partial charge is 0.243 e. The molecule has 180 valence electrons. The average Bonchev–Trinajstić information content (AvgIpc) is 2.88. The normalized spacial score (nSPS) is 19.4. The fourth-order valence-corrected chi connectivity index (χ4v) is 6.39. The lowest BCUT2D eigenvalue weighted by atomic mass is 10.1. The van der Waals surface area contributed by atoms with Crippen LogP contribution in [0.4, 0.5) is 5.82 Å². The van der Waals surface area contributed by atoms with Gasteiger partial charge < -0.3 is 4.90 Å². The Morgan fingerprint density at radius 2 is 1.50 bits per heavy atom. The molecule has 0 aliphatic carbocycles. The number of fused-ring (bicyclic) bond motifs is 1. The summed E-state index contributed by atoms with van der Waals surface area (Å²) in [5, 5.41) is 1.11. The summed E-state index contributed by atoms with van der Waals surface area (Å²) in [5.74, 6) is 1.85. The lowest BCUT2D eigenvalue weighted by Gasteiger charge is -2.37. The molecule has 0 radical (unpaired) electrons. The van der Waals surface area contributed by atoms with E-state index in [0.29, 0.717) is 31.1 Å². The van der Waals surface area contributed by atoms with Gasteiger partial charge in [-0.05, 0) is 57.4 Å². The number of para-hydroxylation sites is 1. The van der Waals surface area contributed by atoms with Crippen LogP contribution in [-0.2, 0) is 10.0 Å². The van der Waals surface area contributed by atoms with Gasteiger partial charge in [-0.15, -0.1) is 0 Å². The first kappa shape index (κ1) is 23.2. The SMILES string of the molecule is Cc1ccc(S(=O)(=O)N2CCN([C@@H](C)c3nc(N4CCCCC4)c4ccccc4n3)CC2)cc1. The van der Waals surface area contributed by atoms with Crippen LogP contribution in [0.2, 0.25) is 0 Å². The number of rotatable bonds is 5. The van der Waals surface area contributed by atoms with Gasteiger partial charge in [-0.2, -0.15) is 4.31 Å². The molecule has 0 unspecified atom stereocenters. The Kier molecular flexibility index (Phi) is 6.55. The standard InChI is InChI=1S/C26H33N5O2S/c1-20-10-12-22(13-11-20)34(32,33)31-18-16-29(17-19-31)21(2)25-27-24-9-5-4-8-23(24)26(28-25)30-14-6-3-7-15-30/h4-5,8-13,21H,3,6-7,14-19H2,1-2H3/t21-/m0/s1. The number of nitrogens with zero attached hydrogens (tertiary/aromatic N) is 5. The van der Waals surface area contributed by atoms with Crippen molar-refractivity contribution in [2.45, 2.75) is 44.0 Å². The van der Waals surface area contributed by atoms with Gasteiger partial charge >= 0.3 is 0 Å². The lowest BCUT2D eigenvalue weighted by molar-refractivity contribution is 0.141. The Morgan fingerprint density at radius 1 is 0.824 bits per heavy atom. The second-order valence-corrected chi connectivity index (χ2v) is 11.3. The molecule has 7 nitrogen and oxygen atoms in total. The van der Waals surface area contributed by atoms with Gasteiger partial charge in [0.25, 0.3) is 0 Å². The Balaban J connectivity index is 1.35. The number of hydrogen-bond acceptors (Lipinski definition) is 6. The highest BCUT2D eigenvalue weighted by Gasteiger charge is 2.31. The zero-order valence-electron chi connectivity index (χ0n) is 20.0. The predicted octanol–water partition coefficient (Wildman–Crippen LogP) is 4.00. The predicted molar refractivity (Wildman–Crippen MR) is 136 cm³/mol. The fourth-order valence-electron chi connectivity index (χ4n) is 4.96. The van der Waals surface area contributed by atoms with Gasteiger partial charge in [0.15, 0.2) is 0 Å². The van der Waals surface area contributed by atoms with Gasteiger partial charge in [0, 0.05) is 44.7 Å². The van der Waals surface area contributed by atoms with Crippen LogP contribution in [0.15, 0.2) is 53.4 Å². The minimum absolute atomic E-state index is 0.0115. The van der Waals surface area contributed by atoms with Crippen LogP contribution in [0.1, 0.15) is 43.6 Å². The number of anilines is 1. The maximum Gasteiger partial charge on any atom is 0.243 e. The van der Waals surface area contributed by atoms with Crippen molar-refractivity contribution in [2.75, 3.05) is 44.2 Å². The van der Waals surface area contributed by atoms with E-state index in [1.54, 1.807) is 16.4 Å². The van der Waals surface area contributed by atoms with Gasteiger partial charge in [-0.25, -0.2) is 18.4 Å². The van der Waals surface area contributed by atoms with Crippen LogP contribution >= 0.6 is 0 Å². The summed E-state index contributed by atoms with van der Waals surface area (Å²) in [6.45, 7) is 8.40. The molecular weight excluding hydrogens is 446 g/mol. The molecule has 2 aliphatic rings. The van der Waals surface area contributed by atoms with Crippen LogP contribution in [0, 0.1) is 6.92 Å². The first-order valence-corrected chi connectivity index (χ1v) is 13.7. The molecular formula is C26H33N5O2S. The number of aromatic nitrogens is 2. The number of piperidine rings is 1. The van der Waals surface area contributed by atoms with Crippen LogP contribution in [-0.4, -0.2) is 66.9 Å². The molecule has 5 rings (SSSR count). The summed E-state index contributed by atoms with van der Waals surface area (Å²) < 4.78 is 27.8. The molecule has 1 atom stereocenters. The average molecular weight is 480 g/mol. The number of hydrogen-bond donors (Lipinski definition) is 0. The largest absolute Gasteiger partial charge is 0.356 e. The van der Waals surface area contributed by atoms with Crippen LogP contribution in [0.25, 0.3) is 10.9 Å². The monoisotopic (exact) mass is 479 g/mol. The minimum atomic E-state index is -3.47. The number of aryl methyl sites for hydroxylation is 1. The third-order valence-electron chi connectivity index (χ3n) is 7.11. The molecule has 0 amide bonds. The van der Waals surface area contributed by atoms with Gasteiger partial charge in [0.2, 0.25) is 10.0 Å². The Labute approximate surface area is 202 Å². The minimum Gasteiger partial charge on any atom is -0.356 e. The van der Waals surface area contributed by atoms with E-state index in [-0.39, 0.29) is 6.04 Å². The van der Waals surface area contributed by atoms with Gasteiger partial charge in [0.05, 0.1) is 16.5 Å². The van der Waals surface area contributed by atoms with Crippen molar-refractivity contribution < 1.29 is 8.42 Å². The highest BCUT2D eigenvalue weighted by atomic mass is 32.2. The van der Waals surface area contributed by atoms with Crippen molar-refractivity contribution >= 4 is 26.7 Å². The molecule has 0 saturated carbocycles. The van der Waals surface area contributed by atoms with Crippen LogP contribution in [0.5, 0.6) is 0 Å². The highest BCUT2D eigenvalue weighted by Crippen LogP contribution is 2.30. The van der Waals surface area contributed by atoms with Gasteiger partial charge in [0.1, 0.15) is 11.6 Å². The van der Waals surface area contributed by atoms with E-state index >= 15 is 0 Å². The third kappa shape index (κ3) is 4.54. The van der Waals surface area contributed by atoms with E-state index < -0.39 is 10.0 Å². The Bertz CT molecular complexity index is 1250. The number of sulfonamides is 1. The second kappa shape index (κ2) is 9.60. The van der Waals surface area contributed by atoms with Crippen LogP contribution < -0.4 is 4.90 Å². The summed E-state index contributed by atoms with van der Waals surface area (Å²) in [7, 11) is -3.47. The zero-order valence-corrected chi connectivity index (χ0v) is 20.8. The van der Waals surface area contributed by atoms with Crippen molar-refractivity contribution in [1.29, 1.82) is 0 Å². The quantitative estimate of drug-likeness (QED) is 0.551. The molecule has 1 aromatic heterocycles.